The van der Waals surface area contributed by atoms with Crippen LogP contribution in [0.4, 0.5) is 0 Å². The predicted molar refractivity (Wildman–Crippen MR) is 57.2 cm³/mol. The van der Waals surface area contributed by atoms with Crippen LogP contribution in [0.15, 0.2) is 27.2 Å². The van der Waals surface area contributed by atoms with Crippen LogP contribution in [0.3, 0.4) is 0 Å². The molecule has 0 aliphatic rings. The van der Waals surface area contributed by atoms with E-state index in [9.17, 15) is 0 Å². The molecule has 72 valence electrons. The summed E-state index contributed by atoms with van der Waals surface area (Å²) in [6.07, 6.45) is 0. The SMILES string of the molecule is Cc1noc(-c2c(Cl)cccc2Br)n1. The highest BCUT2D eigenvalue weighted by Crippen LogP contribution is 2.33. The number of aromatic nitrogens is 2. The molecule has 1 aromatic carbocycles. The molecular formula is C9H6BrClN2O. The van der Waals surface area contributed by atoms with E-state index in [0.717, 1.165) is 10.0 Å². The summed E-state index contributed by atoms with van der Waals surface area (Å²) in [5, 5.41) is 4.30. The second-order valence-electron chi connectivity index (χ2n) is 2.74. The van der Waals surface area contributed by atoms with Gasteiger partial charge in [0.25, 0.3) is 5.89 Å². The summed E-state index contributed by atoms with van der Waals surface area (Å²) in [6, 6.07) is 5.50. The molecule has 2 rings (SSSR count). The van der Waals surface area contributed by atoms with Crippen molar-refractivity contribution in [2.45, 2.75) is 6.92 Å². The third kappa shape index (κ3) is 1.67. The summed E-state index contributed by atoms with van der Waals surface area (Å²) < 4.78 is 5.88. The molecule has 0 atom stereocenters. The predicted octanol–water partition coefficient (Wildman–Crippen LogP) is 3.46. The summed E-state index contributed by atoms with van der Waals surface area (Å²) in [5.74, 6) is 1.02. The zero-order valence-electron chi connectivity index (χ0n) is 7.29. The monoisotopic (exact) mass is 272 g/mol. The van der Waals surface area contributed by atoms with Gasteiger partial charge in [0.1, 0.15) is 0 Å². The molecule has 5 heteroatoms. The molecule has 2 aromatic rings. The average Bonchev–Trinajstić information content (AvgIpc) is 2.51. The lowest BCUT2D eigenvalue weighted by atomic mass is 10.2. The third-order valence-corrected chi connectivity index (χ3v) is 2.68. The number of halogens is 2. The summed E-state index contributed by atoms with van der Waals surface area (Å²) in [5.41, 5.74) is 0.731. The molecule has 0 spiro atoms. The van der Waals surface area contributed by atoms with Gasteiger partial charge >= 0.3 is 0 Å². The standard InChI is InChI=1S/C9H6BrClN2O/c1-5-12-9(14-13-5)8-6(10)3-2-4-7(8)11/h2-4H,1H3. The first-order valence-electron chi connectivity index (χ1n) is 3.93. The van der Waals surface area contributed by atoms with Gasteiger partial charge < -0.3 is 4.52 Å². The second kappa shape index (κ2) is 3.71. The first-order valence-corrected chi connectivity index (χ1v) is 5.10. The molecule has 0 bridgehead atoms. The minimum atomic E-state index is 0.431. The second-order valence-corrected chi connectivity index (χ2v) is 4.00. The van der Waals surface area contributed by atoms with Gasteiger partial charge in [-0.15, -0.1) is 0 Å². The lowest BCUT2D eigenvalue weighted by Crippen LogP contribution is -1.81. The van der Waals surface area contributed by atoms with Crippen molar-refractivity contribution in [2.24, 2.45) is 0 Å². The van der Waals surface area contributed by atoms with Crippen molar-refractivity contribution in [1.29, 1.82) is 0 Å². The van der Waals surface area contributed by atoms with Gasteiger partial charge in [-0.1, -0.05) is 22.8 Å². The Balaban J connectivity index is 2.61. The van der Waals surface area contributed by atoms with E-state index in [-0.39, 0.29) is 0 Å². The van der Waals surface area contributed by atoms with E-state index in [1.807, 2.05) is 12.1 Å². The largest absolute Gasteiger partial charge is 0.334 e. The van der Waals surface area contributed by atoms with Crippen molar-refractivity contribution >= 4 is 27.5 Å². The average molecular weight is 274 g/mol. The number of rotatable bonds is 1. The molecule has 0 unspecified atom stereocenters. The summed E-state index contributed by atoms with van der Waals surface area (Å²) in [6.45, 7) is 1.76. The van der Waals surface area contributed by atoms with Gasteiger partial charge in [0.15, 0.2) is 5.82 Å². The van der Waals surface area contributed by atoms with E-state index in [0.29, 0.717) is 16.7 Å². The summed E-state index contributed by atoms with van der Waals surface area (Å²) in [7, 11) is 0. The Hall–Kier alpha value is -0.870. The summed E-state index contributed by atoms with van der Waals surface area (Å²) >= 11 is 9.40. The smallest absolute Gasteiger partial charge is 0.260 e. The van der Waals surface area contributed by atoms with Gasteiger partial charge in [0.05, 0.1) is 10.6 Å². The van der Waals surface area contributed by atoms with Crippen LogP contribution in [0.25, 0.3) is 11.5 Å². The Morgan fingerprint density at radius 2 is 2.21 bits per heavy atom. The maximum Gasteiger partial charge on any atom is 0.260 e. The number of aryl methyl sites for hydroxylation is 1. The highest BCUT2D eigenvalue weighted by Gasteiger charge is 2.13. The van der Waals surface area contributed by atoms with E-state index >= 15 is 0 Å². The first-order chi connectivity index (χ1) is 6.68. The van der Waals surface area contributed by atoms with E-state index in [1.54, 1.807) is 13.0 Å². The number of benzene rings is 1. The van der Waals surface area contributed by atoms with Gasteiger partial charge in [0.2, 0.25) is 0 Å². The van der Waals surface area contributed by atoms with Crippen molar-refractivity contribution in [3.63, 3.8) is 0 Å². The highest BCUT2D eigenvalue weighted by molar-refractivity contribution is 9.10. The Morgan fingerprint density at radius 1 is 1.43 bits per heavy atom. The van der Waals surface area contributed by atoms with Crippen LogP contribution in [0, 0.1) is 6.92 Å². The minimum absolute atomic E-state index is 0.431. The van der Waals surface area contributed by atoms with Crippen molar-refractivity contribution in [3.05, 3.63) is 33.5 Å². The van der Waals surface area contributed by atoms with Crippen molar-refractivity contribution < 1.29 is 4.52 Å². The fourth-order valence-electron chi connectivity index (χ4n) is 1.10. The molecule has 1 heterocycles. The molecule has 0 fully saturated rings. The van der Waals surface area contributed by atoms with Crippen LogP contribution < -0.4 is 0 Å². The molecular weight excluding hydrogens is 267 g/mol. The molecule has 0 saturated heterocycles. The van der Waals surface area contributed by atoms with Crippen LogP contribution >= 0.6 is 27.5 Å². The van der Waals surface area contributed by atoms with Crippen LogP contribution in [-0.4, -0.2) is 10.1 Å². The van der Waals surface area contributed by atoms with Gasteiger partial charge in [-0.05, 0) is 35.0 Å². The molecule has 3 nitrogen and oxygen atoms in total. The molecule has 0 N–H and O–H groups in total. The first kappa shape index (κ1) is 9.68. The lowest BCUT2D eigenvalue weighted by Gasteiger charge is -2.00. The van der Waals surface area contributed by atoms with Gasteiger partial charge in [-0.2, -0.15) is 4.98 Å². The fourth-order valence-corrected chi connectivity index (χ4v) is 2.01. The van der Waals surface area contributed by atoms with Gasteiger partial charge in [-0.3, -0.25) is 0 Å². The number of nitrogens with zero attached hydrogens (tertiary/aromatic N) is 2. The van der Waals surface area contributed by atoms with E-state index in [4.69, 9.17) is 16.1 Å². The molecule has 14 heavy (non-hydrogen) atoms. The number of hydrogen-bond acceptors (Lipinski definition) is 3. The van der Waals surface area contributed by atoms with Gasteiger partial charge in [0, 0.05) is 4.47 Å². The van der Waals surface area contributed by atoms with Gasteiger partial charge in [-0.25, -0.2) is 0 Å². The van der Waals surface area contributed by atoms with Crippen molar-refractivity contribution in [2.75, 3.05) is 0 Å². The van der Waals surface area contributed by atoms with E-state index in [2.05, 4.69) is 26.1 Å². The third-order valence-electron chi connectivity index (χ3n) is 1.70. The molecule has 0 radical (unpaired) electrons. The molecule has 0 aliphatic carbocycles. The molecule has 0 aliphatic heterocycles. The Morgan fingerprint density at radius 3 is 2.79 bits per heavy atom. The van der Waals surface area contributed by atoms with Crippen LogP contribution in [0.5, 0.6) is 0 Å². The quantitative estimate of drug-likeness (QED) is 0.798. The maximum atomic E-state index is 6.02. The molecule has 0 saturated carbocycles. The Labute approximate surface area is 94.2 Å². The van der Waals surface area contributed by atoms with Crippen LogP contribution in [0.2, 0.25) is 5.02 Å². The number of hydrogen-bond donors (Lipinski definition) is 0. The zero-order valence-corrected chi connectivity index (χ0v) is 9.63. The molecule has 1 aromatic heterocycles. The minimum Gasteiger partial charge on any atom is -0.334 e. The van der Waals surface area contributed by atoms with Crippen molar-refractivity contribution in [3.8, 4) is 11.5 Å². The Bertz CT molecular complexity index is 449. The normalized spacial score (nSPS) is 10.5. The van der Waals surface area contributed by atoms with Crippen LogP contribution in [0.1, 0.15) is 5.82 Å². The molecule has 0 amide bonds. The van der Waals surface area contributed by atoms with E-state index in [1.165, 1.54) is 0 Å². The summed E-state index contributed by atoms with van der Waals surface area (Å²) in [4.78, 5) is 4.11. The maximum absolute atomic E-state index is 6.02. The van der Waals surface area contributed by atoms with Crippen LogP contribution in [-0.2, 0) is 0 Å². The Kier molecular flexibility index (Phi) is 2.56. The highest BCUT2D eigenvalue weighted by atomic mass is 79.9. The zero-order chi connectivity index (χ0) is 10.1. The lowest BCUT2D eigenvalue weighted by molar-refractivity contribution is 0.425. The van der Waals surface area contributed by atoms with Crippen molar-refractivity contribution in [1.82, 2.24) is 10.1 Å². The fraction of sp³-hybridized carbons (Fsp3) is 0.111. The van der Waals surface area contributed by atoms with E-state index < -0.39 is 0 Å². The topological polar surface area (TPSA) is 38.9 Å².